The Morgan fingerprint density at radius 1 is 1.25 bits per heavy atom. The van der Waals surface area contributed by atoms with Crippen LogP contribution in [0.4, 0.5) is 13.2 Å². The Morgan fingerprint density at radius 3 is 2.44 bits per heavy atom. The maximum absolute atomic E-state index is 12.4. The molecule has 0 bridgehead atoms. The number of alkyl halides is 3. The maximum Gasteiger partial charge on any atom is 0.416 e. The standard InChI is InChI=1S/C11H6F3NS/c12-11(13,14)10-4-3-9(7-15)8(6-10)2-1-5-16/h3-4,6,16H,5H2. The fourth-order valence-electron chi connectivity index (χ4n) is 1.06. The summed E-state index contributed by atoms with van der Waals surface area (Å²) in [6.45, 7) is 0. The van der Waals surface area contributed by atoms with Crippen LogP contribution < -0.4 is 0 Å². The molecule has 0 unspecified atom stereocenters. The van der Waals surface area contributed by atoms with Gasteiger partial charge in [-0.3, -0.25) is 0 Å². The van der Waals surface area contributed by atoms with Gasteiger partial charge in [0.05, 0.1) is 16.9 Å². The zero-order chi connectivity index (χ0) is 12.2. The third kappa shape index (κ3) is 2.95. The van der Waals surface area contributed by atoms with Crippen LogP contribution in [0.1, 0.15) is 16.7 Å². The predicted octanol–water partition coefficient (Wildman–Crippen LogP) is 2.86. The van der Waals surface area contributed by atoms with Crippen molar-refractivity contribution in [3.63, 3.8) is 0 Å². The first-order valence-corrected chi connectivity index (χ1v) is 4.83. The first kappa shape index (κ1) is 12.5. The molecule has 0 saturated heterocycles. The average Bonchev–Trinajstić information content (AvgIpc) is 2.24. The molecular weight excluding hydrogens is 235 g/mol. The SMILES string of the molecule is N#Cc1ccc(C(F)(F)F)cc1C#CCS. The van der Waals surface area contributed by atoms with Crippen molar-refractivity contribution in [1.29, 1.82) is 5.26 Å². The van der Waals surface area contributed by atoms with Crippen LogP contribution in [0.2, 0.25) is 0 Å². The lowest BCUT2D eigenvalue weighted by atomic mass is 10.0. The van der Waals surface area contributed by atoms with E-state index in [0.29, 0.717) is 0 Å². The van der Waals surface area contributed by atoms with Gasteiger partial charge < -0.3 is 0 Å². The Bertz CT molecular complexity index is 489. The van der Waals surface area contributed by atoms with Gasteiger partial charge in [-0.05, 0) is 18.2 Å². The van der Waals surface area contributed by atoms with Gasteiger partial charge in [-0.25, -0.2) is 0 Å². The number of halogens is 3. The molecule has 0 fully saturated rings. The van der Waals surface area contributed by atoms with Crippen LogP contribution in [-0.2, 0) is 6.18 Å². The number of thiol groups is 1. The number of benzene rings is 1. The van der Waals surface area contributed by atoms with Crippen molar-refractivity contribution < 1.29 is 13.2 Å². The van der Waals surface area contributed by atoms with Crippen molar-refractivity contribution in [2.75, 3.05) is 5.75 Å². The van der Waals surface area contributed by atoms with E-state index in [9.17, 15) is 13.2 Å². The molecule has 0 aliphatic rings. The van der Waals surface area contributed by atoms with Gasteiger partial charge in [0.25, 0.3) is 0 Å². The Balaban J connectivity index is 3.28. The number of hydrogen-bond donors (Lipinski definition) is 1. The third-order valence-corrected chi connectivity index (χ3v) is 1.93. The minimum absolute atomic E-state index is 0.0753. The molecule has 5 heteroatoms. The molecule has 0 aliphatic heterocycles. The van der Waals surface area contributed by atoms with E-state index in [1.54, 1.807) is 6.07 Å². The molecule has 0 aliphatic carbocycles. The fraction of sp³-hybridized carbons (Fsp3) is 0.182. The van der Waals surface area contributed by atoms with E-state index < -0.39 is 11.7 Å². The summed E-state index contributed by atoms with van der Waals surface area (Å²) in [7, 11) is 0. The van der Waals surface area contributed by atoms with Gasteiger partial charge in [-0.15, -0.1) is 0 Å². The molecule has 1 aromatic rings. The topological polar surface area (TPSA) is 23.8 Å². The summed E-state index contributed by atoms with van der Waals surface area (Å²) in [5, 5.41) is 8.69. The second-order valence-electron chi connectivity index (χ2n) is 2.83. The molecule has 1 aromatic carbocycles. The number of hydrogen-bond acceptors (Lipinski definition) is 2. The highest BCUT2D eigenvalue weighted by Crippen LogP contribution is 2.30. The molecule has 82 valence electrons. The molecule has 0 aromatic heterocycles. The Labute approximate surface area is 96.3 Å². The number of nitrogens with zero attached hydrogens (tertiary/aromatic N) is 1. The van der Waals surface area contributed by atoms with Crippen molar-refractivity contribution in [2.45, 2.75) is 6.18 Å². The summed E-state index contributed by atoms with van der Waals surface area (Å²) in [5.41, 5.74) is -0.608. The van der Waals surface area contributed by atoms with Crippen LogP contribution in [0.25, 0.3) is 0 Å². The van der Waals surface area contributed by atoms with Crippen LogP contribution in [-0.4, -0.2) is 5.75 Å². The highest BCUT2D eigenvalue weighted by Gasteiger charge is 2.30. The molecular formula is C11H6F3NS. The van der Waals surface area contributed by atoms with E-state index in [-0.39, 0.29) is 16.9 Å². The van der Waals surface area contributed by atoms with Crippen LogP contribution >= 0.6 is 12.6 Å². The summed E-state index contributed by atoms with van der Waals surface area (Å²) in [4.78, 5) is 0. The first-order chi connectivity index (χ1) is 7.49. The van der Waals surface area contributed by atoms with Gasteiger partial charge in [0.2, 0.25) is 0 Å². The van der Waals surface area contributed by atoms with Crippen molar-refractivity contribution in [3.8, 4) is 17.9 Å². The molecule has 0 N–H and O–H groups in total. The molecule has 0 atom stereocenters. The van der Waals surface area contributed by atoms with Gasteiger partial charge in [-0.1, -0.05) is 11.8 Å². The summed E-state index contributed by atoms with van der Waals surface area (Å²) >= 11 is 3.82. The smallest absolute Gasteiger partial charge is 0.192 e. The van der Waals surface area contributed by atoms with E-state index >= 15 is 0 Å². The maximum atomic E-state index is 12.4. The minimum Gasteiger partial charge on any atom is -0.192 e. The molecule has 0 spiro atoms. The summed E-state index contributed by atoms with van der Waals surface area (Å²) in [5.74, 6) is 5.21. The quantitative estimate of drug-likeness (QED) is 0.548. The first-order valence-electron chi connectivity index (χ1n) is 4.20. The third-order valence-electron chi connectivity index (χ3n) is 1.77. The van der Waals surface area contributed by atoms with Gasteiger partial charge in [0, 0.05) is 5.56 Å². The molecule has 0 amide bonds. The lowest BCUT2D eigenvalue weighted by Crippen LogP contribution is -2.05. The van der Waals surface area contributed by atoms with E-state index in [2.05, 4.69) is 24.5 Å². The van der Waals surface area contributed by atoms with Gasteiger partial charge in [0.15, 0.2) is 0 Å². The number of nitriles is 1. The second-order valence-corrected chi connectivity index (χ2v) is 3.15. The van der Waals surface area contributed by atoms with Crippen molar-refractivity contribution in [2.24, 2.45) is 0 Å². The molecule has 1 rings (SSSR count). The fourth-order valence-corrected chi connectivity index (χ4v) is 1.14. The summed E-state index contributed by atoms with van der Waals surface area (Å²) < 4.78 is 37.1. The lowest BCUT2D eigenvalue weighted by molar-refractivity contribution is -0.137. The zero-order valence-electron chi connectivity index (χ0n) is 7.97. The molecule has 1 nitrogen and oxygen atoms in total. The average molecular weight is 241 g/mol. The molecule has 0 radical (unpaired) electrons. The normalized spacial score (nSPS) is 10.2. The van der Waals surface area contributed by atoms with Gasteiger partial charge in [0.1, 0.15) is 6.07 Å². The van der Waals surface area contributed by atoms with E-state index in [4.69, 9.17) is 5.26 Å². The van der Waals surface area contributed by atoms with E-state index in [1.807, 2.05) is 0 Å². The molecule has 0 heterocycles. The Kier molecular flexibility index (Phi) is 3.87. The Hall–Kier alpha value is -1.59. The van der Waals surface area contributed by atoms with Gasteiger partial charge >= 0.3 is 6.18 Å². The predicted molar refractivity (Wildman–Crippen MR) is 56.9 cm³/mol. The van der Waals surface area contributed by atoms with Gasteiger partial charge in [-0.2, -0.15) is 31.1 Å². The van der Waals surface area contributed by atoms with Crippen LogP contribution in [0, 0.1) is 23.2 Å². The van der Waals surface area contributed by atoms with Crippen molar-refractivity contribution in [3.05, 3.63) is 34.9 Å². The van der Waals surface area contributed by atoms with Crippen molar-refractivity contribution in [1.82, 2.24) is 0 Å². The summed E-state index contributed by atoms with van der Waals surface area (Å²) in [6.07, 6.45) is -4.43. The van der Waals surface area contributed by atoms with E-state index in [1.165, 1.54) is 0 Å². The van der Waals surface area contributed by atoms with E-state index in [0.717, 1.165) is 18.2 Å². The number of rotatable bonds is 0. The largest absolute Gasteiger partial charge is 0.416 e. The molecule has 0 saturated carbocycles. The highest BCUT2D eigenvalue weighted by molar-refractivity contribution is 7.80. The second kappa shape index (κ2) is 4.96. The Morgan fingerprint density at radius 2 is 1.94 bits per heavy atom. The monoisotopic (exact) mass is 241 g/mol. The van der Waals surface area contributed by atoms with Crippen LogP contribution in [0.3, 0.4) is 0 Å². The molecule has 16 heavy (non-hydrogen) atoms. The lowest BCUT2D eigenvalue weighted by Gasteiger charge is -2.07. The van der Waals surface area contributed by atoms with Crippen molar-refractivity contribution >= 4 is 12.6 Å². The zero-order valence-corrected chi connectivity index (χ0v) is 8.86. The van der Waals surface area contributed by atoms with Crippen LogP contribution in [0.5, 0.6) is 0 Å². The minimum atomic E-state index is -4.43. The summed E-state index contributed by atoms with van der Waals surface area (Å²) in [6, 6.07) is 4.64. The highest BCUT2D eigenvalue weighted by atomic mass is 32.1. The van der Waals surface area contributed by atoms with Crippen LogP contribution in [0.15, 0.2) is 18.2 Å².